The van der Waals surface area contributed by atoms with Gasteiger partial charge in [0.2, 0.25) is 0 Å². The summed E-state index contributed by atoms with van der Waals surface area (Å²) in [6.07, 6.45) is 0.833. The Bertz CT molecular complexity index is 148. The van der Waals surface area contributed by atoms with Gasteiger partial charge in [-0.3, -0.25) is 0 Å². The van der Waals surface area contributed by atoms with Gasteiger partial charge in [0.1, 0.15) is 0 Å². The minimum atomic E-state index is -1.06. The summed E-state index contributed by atoms with van der Waals surface area (Å²) >= 11 is 0. The van der Waals surface area contributed by atoms with Crippen LogP contribution < -0.4 is 0 Å². The van der Waals surface area contributed by atoms with Gasteiger partial charge < -0.3 is 18.7 Å². The highest BCUT2D eigenvalue weighted by Gasteiger charge is 2.07. The first kappa shape index (κ1) is 16.9. The molecule has 0 rings (SSSR count). The van der Waals surface area contributed by atoms with Gasteiger partial charge >= 0.3 is 14.6 Å². The maximum absolute atomic E-state index is 9.25. The first-order valence-corrected chi connectivity index (χ1v) is 5.76. The number of carboxylic acids is 1. The van der Waals surface area contributed by atoms with Crippen molar-refractivity contribution in [2.24, 2.45) is 0 Å². The molecule has 0 spiro atoms. The monoisotopic (exact) mass is 238 g/mol. The topological polar surface area (TPSA) is 65.0 Å². The zero-order valence-corrected chi connectivity index (χ0v) is 10.3. The van der Waals surface area contributed by atoms with Gasteiger partial charge in [0.05, 0.1) is 19.8 Å². The van der Waals surface area contributed by atoms with E-state index in [-0.39, 0.29) is 0 Å². The summed E-state index contributed by atoms with van der Waals surface area (Å²) in [5.74, 6) is -0.981. The fourth-order valence-electron chi connectivity index (χ4n) is 0.428. The van der Waals surface area contributed by atoms with Crippen molar-refractivity contribution in [2.45, 2.75) is 20.8 Å². The lowest BCUT2D eigenvalue weighted by Gasteiger charge is -2.12. The molecule has 0 aliphatic carbocycles. The molecule has 0 heterocycles. The van der Waals surface area contributed by atoms with Crippen LogP contribution in [0.3, 0.4) is 0 Å². The van der Waals surface area contributed by atoms with Crippen molar-refractivity contribution < 1.29 is 23.5 Å². The first-order chi connectivity index (χ1) is 7.12. The fraction of sp³-hybridized carbons (Fsp3) is 0.667. The van der Waals surface area contributed by atoms with Gasteiger partial charge in [0.15, 0.2) is 0 Å². The van der Waals surface area contributed by atoms with E-state index < -0.39 is 14.6 Å². The van der Waals surface area contributed by atoms with Gasteiger partial charge in [-0.05, 0) is 20.8 Å². The highest BCUT2D eigenvalue weighted by atomic mass is 31.2. The molecule has 15 heavy (non-hydrogen) atoms. The second-order valence-electron chi connectivity index (χ2n) is 2.02. The molecule has 1 N–H and O–H groups in total. The van der Waals surface area contributed by atoms with E-state index in [0.717, 1.165) is 6.08 Å². The van der Waals surface area contributed by atoms with Crippen LogP contribution in [0.25, 0.3) is 0 Å². The second kappa shape index (κ2) is 13.5. The van der Waals surface area contributed by atoms with Crippen LogP contribution in [0.2, 0.25) is 0 Å². The molecule has 0 saturated carbocycles. The Labute approximate surface area is 92.0 Å². The number of hydrogen-bond donors (Lipinski definition) is 1. The maximum atomic E-state index is 9.25. The predicted octanol–water partition coefficient (Wildman–Crippen LogP) is 2.58. The molecule has 0 atom stereocenters. The van der Waals surface area contributed by atoms with E-state index in [1.54, 1.807) is 0 Å². The van der Waals surface area contributed by atoms with Crippen LogP contribution in [0.5, 0.6) is 0 Å². The molecule has 0 aliphatic rings. The molecular weight excluding hydrogens is 219 g/mol. The third-order valence-corrected chi connectivity index (χ3v) is 2.29. The van der Waals surface area contributed by atoms with E-state index in [1.807, 2.05) is 20.8 Å². The zero-order chi connectivity index (χ0) is 12.1. The van der Waals surface area contributed by atoms with Crippen molar-refractivity contribution >= 4 is 14.6 Å². The lowest BCUT2D eigenvalue weighted by atomic mass is 10.7. The van der Waals surface area contributed by atoms with Crippen molar-refractivity contribution in [3.05, 3.63) is 12.7 Å². The minimum absolute atomic E-state index is 0.645. The zero-order valence-electron chi connectivity index (χ0n) is 9.43. The van der Waals surface area contributed by atoms with Gasteiger partial charge in [-0.2, -0.15) is 0 Å². The number of carbonyl (C=O) groups is 1. The average molecular weight is 238 g/mol. The lowest BCUT2D eigenvalue weighted by molar-refractivity contribution is -0.131. The van der Waals surface area contributed by atoms with E-state index in [4.69, 9.17) is 18.7 Å². The highest BCUT2D eigenvalue weighted by molar-refractivity contribution is 7.41. The molecule has 0 aliphatic heterocycles. The summed E-state index contributed by atoms with van der Waals surface area (Å²) in [6.45, 7) is 10.7. The summed E-state index contributed by atoms with van der Waals surface area (Å²) < 4.78 is 15.4. The smallest absolute Gasteiger partial charge is 0.332 e. The van der Waals surface area contributed by atoms with Gasteiger partial charge in [-0.1, -0.05) is 6.58 Å². The molecule has 0 amide bonds. The Morgan fingerprint density at radius 2 is 1.47 bits per heavy atom. The molecular formula is C9H19O5P. The highest BCUT2D eigenvalue weighted by Crippen LogP contribution is 2.38. The summed E-state index contributed by atoms with van der Waals surface area (Å²) in [5, 5.41) is 7.60. The number of rotatable bonds is 7. The maximum Gasteiger partial charge on any atom is 0.332 e. The van der Waals surface area contributed by atoms with E-state index in [1.165, 1.54) is 0 Å². The summed E-state index contributed by atoms with van der Waals surface area (Å²) in [5.41, 5.74) is 0. The summed E-state index contributed by atoms with van der Waals surface area (Å²) in [6, 6.07) is 0. The first-order valence-electron chi connectivity index (χ1n) is 4.66. The Morgan fingerprint density at radius 1 is 1.20 bits per heavy atom. The van der Waals surface area contributed by atoms with Crippen LogP contribution in [0.4, 0.5) is 0 Å². The number of hydrogen-bond acceptors (Lipinski definition) is 4. The van der Waals surface area contributed by atoms with Crippen LogP contribution >= 0.6 is 8.60 Å². The Morgan fingerprint density at radius 3 is 1.60 bits per heavy atom. The normalized spacial score (nSPS) is 9.33. The van der Waals surface area contributed by atoms with Crippen molar-refractivity contribution in [1.82, 2.24) is 0 Å². The molecule has 0 aromatic rings. The molecule has 5 nitrogen and oxygen atoms in total. The Hall–Kier alpha value is -0.480. The van der Waals surface area contributed by atoms with Crippen molar-refractivity contribution in [3.63, 3.8) is 0 Å². The molecule has 0 unspecified atom stereocenters. The fourth-order valence-corrected chi connectivity index (χ4v) is 1.28. The molecule has 0 bridgehead atoms. The molecule has 6 heteroatoms. The standard InChI is InChI=1S/C6H15O3P.C3H4O2/c1-4-7-10(8-5-2)9-6-3;1-2-3(4)5/h4-6H2,1-3H3;2H,1H2,(H,4,5). The predicted molar refractivity (Wildman–Crippen MR) is 59.6 cm³/mol. The molecule has 0 saturated heterocycles. The average Bonchev–Trinajstić information content (AvgIpc) is 2.20. The third-order valence-electron chi connectivity index (χ3n) is 0.878. The third kappa shape index (κ3) is 16.2. The van der Waals surface area contributed by atoms with Gasteiger partial charge in [-0.25, -0.2) is 4.79 Å². The van der Waals surface area contributed by atoms with E-state index in [2.05, 4.69) is 6.58 Å². The van der Waals surface area contributed by atoms with Gasteiger partial charge in [-0.15, -0.1) is 0 Å². The second-order valence-corrected chi connectivity index (χ2v) is 3.24. The summed E-state index contributed by atoms with van der Waals surface area (Å²) in [4.78, 5) is 9.25. The Kier molecular flexibility index (Phi) is 15.3. The van der Waals surface area contributed by atoms with Crippen LogP contribution in [0.15, 0.2) is 12.7 Å². The van der Waals surface area contributed by atoms with Crippen molar-refractivity contribution in [3.8, 4) is 0 Å². The number of carboxylic acid groups (broad SMARTS) is 1. The van der Waals surface area contributed by atoms with Crippen molar-refractivity contribution in [1.29, 1.82) is 0 Å². The molecule has 0 aromatic carbocycles. The van der Waals surface area contributed by atoms with Crippen LogP contribution in [-0.2, 0) is 18.4 Å². The lowest BCUT2D eigenvalue weighted by Crippen LogP contribution is -1.94. The summed E-state index contributed by atoms with van der Waals surface area (Å²) in [7, 11) is -1.06. The quantitative estimate of drug-likeness (QED) is 0.545. The van der Waals surface area contributed by atoms with Crippen LogP contribution in [-0.4, -0.2) is 30.9 Å². The molecule has 90 valence electrons. The number of aliphatic carboxylic acids is 1. The van der Waals surface area contributed by atoms with Crippen LogP contribution in [0, 0.1) is 0 Å². The minimum Gasteiger partial charge on any atom is -0.478 e. The largest absolute Gasteiger partial charge is 0.478 e. The van der Waals surface area contributed by atoms with Gasteiger partial charge in [0, 0.05) is 6.08 Å². The van der Waals surface area contributed by atoms with E-state index in [0.29, 0.717) is 19.8 Å². The van der Waals surface area contributed by atoms with E-state index >= 15 is 0 Å². The molecule has 0 aromatic heterocycles. The molecule has 0 radical (unpaired) electrons. The van der Waals surface area contributed by atoms with Gasteiger partial charge in [0.25, 0.3) is 0 Å². The van der Waals surface area contributed by atoms with Crippen LogP contribution in [0.1, 0.15) is 20.8 Å². The van der Waals surface area contributed by atoms with E-state index in [9.17, 15) is 4.79 Å². The Balaban J connectivity index is 0. The SMILES string of the molecule is C=CC(=O)O.CCOP(OCC)OCC. The van der Waals surface area contributed by atoms with Crippen molar-refractivity contribution in [2.75, 3.05) is 19.8 Å². The molecule has 0 fully saturated rings.